The number of furan rings is 1. The van der Waals surface area contributed by atoms with Crippen molar-refractivity contribution in [3.05, 3.63) is 46.4 Å². The second-order valence-electron chi connectivity index (χ2n) is 6.96. The topological polar surface area (TPSA) is 107 Å². The number of benzene rings is 1. The summed E-state index contributed by atoms with van der Waals surface area (Å²) in [6, 6.07) is 2.89. The number of esters is 2. The van der Waals surface area contributed by atoms with E-state index in [1.165, 1.54) is 0 Å². The van der Waals surface area contributed by atoms with Gasteiger partial charge in [-0.2, -0.15) is 0 Å². The number of urea groups is 1. The molecule has 1 aromatic heterocycles. The zero-order valence-electron chi connectivity index (χ0n) is 16.9. The van der Waals surface area contributed by atoms with Crippen molar-refractivity contribution in [3.63, 3.8) is 0 Å². The Labute approximate surface area is 168 Å². The Bertz CT molecular complexity index is 1000. The number of hydrogen-bond donors (Lipinski definition) is 2. The first-order chi connectivity index (χ1) is 13.8. The van der Waals surface area contributed by atoms with Gasteiger partial charge in [0, 0.05) is 10.9 Å². The molecular formula is C21H24N2O6. The van der Waals surface area contributed by atoms with Gasteiger partial charge in [-0.25, -0.2) is 9.59 Å². The van der Waals surface area contributed by atoms with E-state index in [0.717, 1.165) is 22.1 Å². The summed E-state index contributed by atoms with van der Waals surface area (Å²) in [5.41, 5.74) is 4.09. The summed E-state index contributed by atoms with van der Waals surface area (Å²) in [5.74, 6) is -1.06. The highest BCUT2D eigenvalue weighted by atomic mass is 16.5. The predicted molar refractivity (Wildman–Crippen MR) is 105 cm³/mol. The average Bonchev–Trinajstić information content (AvgIpc) is 3.01. The van der Waals surface area contributed by atoms with Gasteiger partial charge in [-0.1, -0.05) is 0 Å². The summed E-state index contributed by atoms with van der Waals surface area (Å²) in [5, 5.41) is 5.98. The van der Waals surface area contributed by atoms with Crippen LogP contribution in [0.15, 0.2) is 34.1 Å². The molecule has 1 aliphatic heterocycles. The van der Waals surface area contributed by atoms with Crippen molar-refractivity contribution in [2.75, 3.05) is 13.2 Å². The Morgan fingerprint density at radius 3 is 2.62 bits per heavy atom. The number of aryl methyl sites for hydroxylation is 2. The molecule has 2 amide bonds. The minimum atomic E-state index is -0.565. The number of amides is 2. The highest BCUT2D eigenvalue weighted by molar-refractivity contribution is 5.95. The van der Waals surface area contributed by atoms with Crippen molar-refractivity contribution in [1.82, 2.24) is 10.6 Å². The number of nitrogens with one attached hydrogen (secondary N) is 2. The SMILES string of the molecule is CCOC(=O)C1=C(COC(=O)Cc2coc3cc(C)c(C)cc23)NC(=O)N[C@@H]1C. The third-order valence-electron chi connectivity index (χ3n) is 4.85. The third kappa shape index (κ3) is 4.42. The number of carbonyl (C=O) groups excluding carboxylic acids is 3. The summed E-state index contributed by atoms with van der Waals surface area (Å²) in [4.78, 5) is 36.3. The van der Waals surface area contributed by atoms with Crippen LogP contribution in [0.1, 0.15) is 30.5 Å². The summed E-state index contributed by atoms with van der Waals surface area (Å²) in [6.07, 6.45) is 1.56. The molecule has 8 nitrogen and oxygen atoms in total. The van der Waals surface area contributed by atoms with Crippen LogP contribution in [-0.4, -0.2) is 37.2 Å². The van der Waals surface area contributed by atoms with Crippen molar-refractivity contribution < 1.29 is 28.3 Å². The van der Waals surface area contributed by atoms with Crippen LogP contribution in [0.4, 0.5) is 4.79 Å². The second-order valence-corrected chi connectivity index (χ2v) is 6.96. The van der Waals surface area contributed by atoms with Crippen molar-refractivity contribution in [3.8, 4) is 0 Å². The van der Waals surface area contributed by atoms with E-state index >= 15 is 0 Å². The smallest absolute Gasteiger partial charge is 0.338 e. The number of rotatable bonds is 6. The van der Waals surface area contributed by atoms with Crippen molar-refractivity contribution in [2.24, 2.45) is 0 Å². The molecule has 0 unspecified atom stereocenters. The van der Waals surface area contributed by atoms with Crippen LogP contribution in [0.3, 0.4) is 0 Å². The third-order valence-corrected chi connectivity index (χ3v) is 4.85. The Morgan fingerprint density at radius 2 is 1.90 bits per heavy atom. The maximum Gasteiger partial charge on any atom is 0.338 e. The molecule has 0 saturated carbocycles. The fourth-order valence-electron chi connectivity index (χ4n) is 3.23. The van der Waals surface area contributed by atoms with Gasteiger partial charge in [0.05, 0.1) is 36.6 Å². The van der Waals surface area contributed by atoms with Gasteiger partial charge >= 0.3 is 18.0 Å². The lowest BCUT2D eigenvalue weighted by molar-refractivity contribution is -0.143. The molecule has 8 heteroatoms. The fraction of sp³-hybridized carbons (Fsp3) is 0.381. The monoisotopic (exact) mass is 400 g/mol. The molecule has 29 heavy (non-hydrogen) atoms. The van der Waals surface area contributed by atoms with Crippen molar-refractivity contribution in [2.45, 2.75) is 40.2 Å². The van der Waals surface area contributed by atoms with E-state index in [1.54, 1.807) is 20.1 Å². The van der Waals surface area contributed by atoms with Crippen LogP contribution < -0.4 is 10.6 Å². The van der Waals surface area contributed by atoms with Crippen LogP contribution in [0.25, 0.3) is 11.0 Å². The Kier molecular flexibility index (Phi) is 5.91. The number of hydrogen-bond acceptors (Lipinski definition) is 6. The van der Waals surface area contributed by atoms with Crippen molar-refractivity contribution in [1.29, 1.82) is 0 Å². The zero-order chi connectivity index (χ0) is 21.1. The molecule has 0 bridgehead atoms. The highest BCUT2D eigenvalue weighted by Crippen LogP contribution is 2.25. The lowest BCUT2D eigenvalue weighted by atomic mass is 10.0. The molecule has 0 aliphatic carbocycles. The summed E-state index contributed by atoms with van der Waals surface area (Å²) in [7, 11) is 0. The van der Waals surface area contributed by atoms with E-state index < -0.39 is 24.0 Å². The van der Waals surface area contributed by atoms with Gasteiger partial charge in [-0.3, -0.25) is 4.79 Å². The molecule has 2 aromatic rings. The first kappa shape index (κ1) is 20.4. The van der Waals surface area contributed by atoms with Gasteiger partial charge < -0.3 is 24.5 Å². The second kappa shape index (κ2) is 8.38. The van der Waals surface area contributed by atoms with Crippen LogP contribution in [0, 0.1) is 13.8 Å². The van der Waals surface area contributed by atoms with E-state index in [1.807, 2.05) is 26.0 Å². The lowest BCUT2D eigenvalue weighted by Gasteiger charge is -2.26. The quantitative estimate of drug-likeness (QED) is 0.722. The molecule has 3 rings (SSSR count). The number of carbonyl (C=O) groups is 3. The number of ether oxygens (including phenoxy) is 2. The normalized spacial score (nSPS) is 16.4. The van der Waals surface area contributed by atoms with E-state index in [2.05, 4.69) is 10.6 Å². The van der Waals surface area contributed by atoms with Crippen LogP contribution >= 0.6 is 0 Å². The molecule has 1 aliphatic rings. The summed E-state index contributed by atoms with van der Waals surface area (Å²) >= 11 is 0. The van der Waals surface area contributed by atoms with Gasteiger partial charge in [0.15, 0.2) is 0 Å². The molecule has 1 aromatic carbocycles. The molecule has 0 radical (unpaired) electrons. The summed E-state index contributed by atoms with van der Waals surface area (Å²) < 4.78 is 15.9. The highest BCUT2D eigenvalue weighted by Gasteiger charge is 2.30. The molecular weight excluding hydrogens is 376 g/mol. The molecule has 2 heterocycles. The lowest BCUT2D eigenvalue weighted by Crippen LogP contribution is -2.50. The molecule has 1 atom stereocenters. The van der Waals surface area contributed by atoms with Gasteiger partial charge in [0.1, 0.15) is 12.2 Å². The maximum absolute atomic E-state index is 12.4. The molecule has 0 spiro atoms. The maximum atomic E-state index is 12.4. The minimum Gasteiger partial charge on any atom is -0.464 e. The van der Waals surface area contributed by atoms with Gasteiger partial charge in [0.25, 0.3) is 0 Å². The Hall–Kier alpha value is -3.29. The Morgan fingerprint density at radius 1 is 1.17 bits per heavy atom. The van der Waals surface area contributed by atoms with Crippen LogP contribution in [-0.2, 0) is 25.5 Å². The van der Waals surface area contributed by atoms with Gasteiger partial charge in [0.2, 0.25) is 0 Å². The molecule has 0 saturated heterocycles. The summed E-state index contributed by atoms with van der Waals surface area (Å²) in [6.45, 7) is 7.30. The molecule has 2 N–H and O–H groups in total. The average molecular weight is 400 g/mol. The number of fused-ring (bicyclic) bond motifs is 1. The Balaban J connectivity index is 1.73. The minimum absolute atomic E-state index is 0.0132. The van der Waals surface area contributed by atoms with Gasteiger partial charge in [-0.15, -0.1) is 0 Å². The van der Waals surface area contributed by atoms with Crippen molar-refractivity contribution >= 4 is 28.9 Å². The molecule has 154 valence electrons. The fourth-order valence-corrected chi connectivity index (χ4v) is 3.23. The van der Waals surface area contributed by atoms with Gasteiger partial charge in [-0.05, 0) is 51.0 Å². The largest absolute Gasteiger partial charge is 0.464 e. The van der Waals surface area contributed by atoms with Crippen LogP contribution in [0.2, 0.25) is 0 Å². The zero-order valence-corrected chi connectivity index (χ0v) is 16.9. The van der Waals surface area contributed by atoms with E-state index in [-0.39, 0.29) is 30.9 Å². The van der Waals surface area contributed by atoms with Crippen LogP contribution in [0.5, 0.6) is 0 Å². The standard InChI is InChI=1S/C21H24N2O6/c1-5-27-20(25)19-13(4)22-21(26)23-16(19)10-29-18(24)8-14-9-28-17-7-12(3)11(2)6-15(14)17/h6-7,9,13H,5,8,10H2,1-4H3,(H2,22,23,26)/t13-/m1/s1. The van der Waals surface area contributed by atoms with E-state index in [0.29, 0.717) is 5.58 Å². The molecule has 0 fully saturated rings. The van der Waals surface area contributed by atoms with E-state index in [4.69, 9.17) is 13.9 Å². The first-order valence-electron chi connectivity index (χ1n) is 9.40. The van der Waals surface area contributed by atoms with E-state index in [9.17, 15) is 14.4 Å². The predicted octanol–water partition coefficient (Wildman–Crippen LogP) is 2.65. The first-order valence-corrected chi connectivity index (χ1v) is 9.40.